The van der Waals surface area contributed by atoms with E-state index in [1.165, 1.54) is 0 Å². The number of aryl methyl sites for hydroxylation is 1. The van der Waals surface area contributed by atoms with Crippen molar-refractivity contribution in [2.24, 2.45) is 0 Å². The van der Waals surface area contributed by atoms with E-state index in [0.29, 0.717) is 24.3 Å². The normalized spacial score (nSPS) is 12.8. The van der Waals surface area contributed by atoms with Gasteiger partial charge in [0.15, 0.2) is 0 Å². The Bertz CT molecular complexity index is 1170. The van der Waals surface area contributed by atoms with Crippen LogP contribution in [0.15, 0.2) is 57.7 Å². The summed E-state index contributed by atoms with van der Waals surface area (Å²) in [7, 11) is 0. The van der Waals surface area contributed by atoms with E-state index in [1.54, 1.807) is 12.1 Å². The van der Waals surface area contributed by atoms with Crippen molar-refractivity contribution in [2.45, 2.75) is 45.1 Å². The van der Waals surface area contributed by atoms with E-state index in [2.05, 4.69) is 5.32 Å². The molecule has 0 saturated carbocycles. The first-order chi connectivity index (χ1) is 15.6. The predicted octanol–water partition coefficient (Wildman–Crippen LogP) is 4.28. The molecule has 0 bridgehead atoms. The van der Waals surface area contributed by atoms with Crippen molar-refractivity contribution in [3.05, 3.63) is 75.6 Å². The van der Waals surface area contributed by atoms with Crippen LogP contribution in [-0.2, 0) is 29.0 Å². The molecular formula is C25H25NO6. The number of nitrogens with one attached hydrogen (secondary N) is 1. The fourth-order valence-corrected chi connectivity index (χ4v) is 3.87. The monoisotopic (exact) mass is 435 g/mol. The molecule has 0 saturated heterocycles. The number of benzene rings is 2. The molecule has 1 amide bonds. The van der Waals surface area contributed by atoms with Crippen LogP contribution in [0.5, 0.6) is 5.75 Å². The Hall–Kier alpha value is -3.61. The van der Waals surface area contributed by atoms with Gasteiger partial charge in [-0.15, -0.1) is 0 Å². The van der Waals surface area contributed by atoms with E-state index in [4.69, 9.17) is 13.9 Å². The third-order valence-electron chi connectivity index (χ3n) is 5.47. The number of esters is 1. The number of ether oxygens (including phenoxy) is 2. The predicted molar refractivity (Wildman–Crippen MR) is 119 cm³/mol. The van der Waals surface area contributed by atoms with Crippen LogP contribution in [0.2, 0.25) is 0 Å². The van der Waals surface area contributed by atoms with Gasteiger partial charge >= 0.3 is 17.7 Å². The van der Waals surface area contributed by atoms with Crippen molar-refractivity contribution >= 4 is 23.0 Å². The van der Waals surface area contributed by atoms with Gasteiger partial charge in [0.2, 0.25) is 0 Å². The summed E-state index contributed by atoms with van der Waals surface area (Å²) in [6, 6.07) is 14.5. The molecular weight excluding hydrogens is 410 g/mol. The number of amides is 1. The van der Waals surface area contributed by atoms with Crippen LogP contribution in [0.1, 0.15) is 42.4 Å². The molecule has 1 aliphatic rings. The van der Waals surface area contributed by atoms with Gasteiger partial charge in [0.05, 0.1) is 0 Å². The first kappa shape index (κ1) is 21.6. The van der Waals surface area contributed by atoms with Gasteiger partial charge in [0.1, 0.15) is 17.9 Å². The maximum atomic E-state index is 12.2. The van der Waals surface area contributed by atoms with Crippen LogP contribution in [-0.4, -0.2) is 18.6 Å². The van der Waals surface area contributed by atoms with Crippen molar-refractivity contribution in [1.29, 1.82) is 0 Å². The summed E-state index contributed by atoms with van der Waals surface area (Å²) in [6.45, 7) is 0.484. The lowest BCUT2D eigenvalue weighted by molar-refractivity contribution is -0.134. The van der Waals surface area contributed by atoms with Crippen molar-refractivity contribution in [2.75, 3.05) is 6.54 Å². The molecule has 1 aromatic heterocycles. The summed E-state index contributed by atoms with van der Waals surface area (Å²) in [5.74, 6) is -0.0965. The van der Waals surface area contributed by atoms with Crippen molar-refractivity contribution in [3.8, 4) is 5.75 Å². The third-order valence-corrected chi connectivity index (χ3v) is 5.47. The lowest BCUT2D eigenvalue weighted by Gasteiger charge is -2.16. The summed E-state index contributed by atoms with van der Waals surface area (Å²) in [6.07, 6.45) is 3.67. The summed E-state index contributed by atoms with van der Waals surface area (Å²) in [5, 5.41) is 3.51. The molecule has 1 aliphatic carbocycles. The highest BCUT2D eigenvalue weighted by molar-refractivity contribution is 5.84. The molecule has 0 radical (unpaired) electrons. The van der Waals surface area contributed by atoms with E-state index in [9.17, 15) is 14.4 Å². The number of rotatable bonds is 7. The molecule has 1 heterocycles. The molecule has 4 rings (SSSR count). The van der Waals surface area contributed by atoms with Gasteiger partial charge < -0.3 is 19.2 Å². The van der Waals surface area contributed by atoms with Crippen molar-refractivity contribution in [1.82, 2.24) is 5.32 Å². The van der Waals surface area contributed by atoms with E-state index in [-0.39, 0.29) is 18.7 Å². The van der Waals surface area contributed by atoms with Gasteiger partial charge in [-0.25, -0.2) is 9.59 Å². The first-order valence-corrected chi connectivity index (χ1v) is 10.8. The Morgan fingerprint density at radius 1 is 1.00 bits per heavy atom. The summed E-state index contributed by atoms with van der Waals surface area (Å²) in [4.78, 5) is 36.1. The molecule has 7 heteroatoms. The van der Waals surface area contributed by atoms with Crippen molar-refractivity contribution in [3.63, 3.8) is 0 Å². The summed E-state index contributed by atoms with van der Waals surface area (Å²) in [5.41, 5.74) is 2.84. The molecule has 2 aromatic carbocycles. The molecule has 0 unspecified atom stereocenters. The highest BCUT2D eigenvalue weighted by Gasteiger charge is 2.18. The zero-order valence-electron chi connectivity index (χ0n) is 17.7. The van der Waals surface area contributed by atoms with Crippen molar-refractivity contribution < 1.29 is 23.5 Å². The second-order valence-corrected chi connectivity index (χ2v) is 7.78. The molecule has 0 fully saturated rings. The zero-order chi connectivity index (χ0) is 22.3. The van der Waals surface area contributed by atoms with E-state index < -0.39 is 12.1 Å². The van der Waals surface area contributed by atoms with E-state index in [0.717, 1.165) is 47.8 Å². The Morgan fingerprint density at radius 3 is 2.59 bits per heavy atom. The number of carbonyl (C=O) groups excluding carboxylic acids is 2. The maximum absolute atomic E-state index is 12.2. The topological polar surface area (TPSA) is 94.8 Å². The van der Waals surface area contributed by atoms with Gasteiger partial charge in [-0.3, -0.25) is 4.79 Å². The van der Waals surface area contributed by atoms with Gasteiger partial charge in [-0.2, -0.15) is 0 Å². The Labute approximate surface area is 185 Å². The molecule has 166 valence electrons. The van der Waals surface area contributed by atoms with Gasteiger partial charge in [0, 0.05) is 30.0 Å². The molecule has 1 N–H and O–H groups in total. The third kappa shape index (κ3) is 5.35. The summed E-state index contributed by atoms with van der Waals surface area (Å²) >= 11 is 0. The van der Waals surface area contributed by atoms with Gasteiger partial charge in [-0.05, 0) is 55.4 Å². The fourth-order valence-electron chi connectivity index (χ4n) is 3.87. The average molecular weight is 435 g/mol. The summed E-state index contributed by atoms with van der Waals surface area (Å²) < 4.78 is 15.9. The number of hydrogen-bond acceptors (Lipinski definition) is 6. The SMILES string of the molecule is O=C(CCCNC(=O)OCc1ccccc1)Oc1ccc2c3c(c(=O)oc2c1)CCCC3. The minimum Gasteiger partial charge on any atom is -0.445 e. The number of alkyl carbamates (subject to hydrolysis) is 1. The minimum absolute atomic E-state index is 0.130. The quantitative estimate of drug-likeness (QED) is 0.258. The molecule has 7 nitrogen and oxygen atoms in total. The second kappa shape index (κ2) is 10.1. The lowest BCUT2D eigenvalue weighted by Crippen LogP contribution is -2.26. The van der Waals surface area contributed by atoms with E-state index >= 15 is 0 Å². The maximum Gasteiger partial charge on any atom is 0.407 e. The molecule has 0 atom stereocenters. The van der Waals surface area contributed by atoms with E-state index in [1.807, 2.05) is 36.4 Å². The molecule has 0 spiro atoms. The first-order valence-electron chi connectivity index (χ1n) is 10.8. The zero-order valence-corrected chi connectivity index (χ0v) is 17.7. The number of carbonyl (C=O) groups is 2. The number of fused-ring (bicyclic) bond motifs is 3. The standard InChI is InChI=1S/C25H25NO6/c27-23(11-6-14-26-25(29)30-16-17-7-2-1-3-8-17)31-18-12-13-20-19-9-4-5-10-21(19)24(28)32-22(20)15-18/h1-3,7-8,12-13,15H,4-6,9-11,14,16H2,(H,26,29). The van der Waals surface area contributed by atoms with Crippen LogP contribution in [0.4, 0.5) is 4.79 Å². The van der Waals surface area contributed by atoms with Crippen LogP contribution >= 0.6 is 0 Å². The minimum atomic E-state index is -0.532. The highest BCUT2D eigenvalue weighted by atomic mass is 16.5. The molecule has 32 heavy (non-hydrogen) atoms. The molecule has 0 aliphatic heterocycles. The average Bonchev–Trinajstić information content (AvgIpc) is 2.81. The fraction of sp³-hybridized carbons (Fsp3) is 0.320. The second-order valence-electron chi connectivity index (χ2n) is 7.78. The number of hydrogen-bond donors (Lipinski definition) is 1. The van der Waals surface area contributed by atoms with Gasteiger partial charge in [0.25, 0.3) is 0 Å². The Morgan fingerprint density at radius 2 is 1.78 bits per heavy atom. The van der Waals surface area contributed by atoms with Crippen LogP contribution in [0.3, 0.4) is 0 Å². The van der Waals surface area contributed by atoms with Crippen LogP contribution < -0.4 is 15.7 Å². The highest BCUT2D eigenvalue weighted by Crippen LogP contribution is 2.29. The van der Waals surface area contributed by atoms with Crippen LogP contribution in [0, 0.1) is 0 Å². The lowest BCUT2D eigenvalue weighted by atomic mass is 9.91. The Balaban J connectivity index is 1.24. The Kier molecular flexibility index (Phi) is 6.84. The van der Waals surface area contributed by atoms with Crippen LogP contribution in [0.25, 0.3) is 11.0 Å². The largest absolute Gasteiger partial charge is 0.445 e. The smallest absolute Gasteiger partial charge is 0.407 e. The molecule has 3 aromatic rings. The van der Waals surface area contributed by atoms with Gasteiger partial charge in [-0.1, -0.05) is 30.3 Å².